The van der Waals surface area contributed by atoms with Crippen LogP contribution in [0.25, 0.3) is 0 Å². The lowest BCUT2D eigenvalue weighted by molar-refractivity contribution is -0.195. The Hall–Kier alpha value is -1.47. The van der Waals surface area contributed by atoms with Crippen LogP contribution in [0.5, 0.6) is 0 Å². The fourth-order valence-corrected chi connectivity index (χ4v) is 8.26. The number of rotatable bonds is 3. The van der Waals surface area contributed by atoms with E-state index in [0.717, 1.165) is 11.8 Å². The SMILES string of the molecule is CCS[C@]1(C(=O)O)C(=O)C[C@H]2[C@@H]3CCC4=CC(=O)C=C[C@]4(C)[C@@]3(F)[C@@H](O)C[C@@]21C. The number of thioether (sulfide) groups is 1. The average Bonchev–Trinajstić information content (AvgIpc) is 2.86. The van der Waals surface area contributed by atoms with Crippen molar-refractivity contribution in [3.8, 4) is 0 Å². The minimum absolute atomic E-state index is 0.0105. The molecule has 3 saturated carbocycles. The maximum absolute atomic E-state index is 16.9. The number of carboxylic acid groups (broad SMARTS) is 1. The van der Waals surface area contributed by atoms with Gasteiger partial charge in [0, 0.05) is 23.2 Å². The van der Waals surface area contributed by atoms with Gasteiger partial charge in [0.05, 0.1) is 6.10 Å². The molecule has 4 aliphatic carbocycles. The largest absolute Gasteiger partial charge is 0.480 e. The minimum atomic E-state index is -2.05. The van der Waals surface area contributed by atoms with Gasteiger partial charge >= 0.3 is 5.97 Å². The third-order valence-corrected chi connectivity index (χ3v) is 9.89. The lowest BCUT2D eigenvalue weighted by Crippen LogP contribution is -2.68. The van der Waals surface area contributed by atoms with E-state index < -0.39 is 45.2 Å². The predicted octanol–water partition coefficient (Wildman–Crippen LogP) is 3.11. The maximum atomic E-state index is 16.9. The van der Waals surface area contributed by atoms with E-state index in [1.165, 1.54) is 12.2 Å². The number of carbonyl (C=O) groups is 3. The molecule has 0 radical (unpaired) electrons. The first kappa shape index (κ1) is 20.8. The maximum Gasteiger partial charge on any atom is 0.328 e. The van der Waals surface area contributed by atoms with Crippen LogP contribution in [0.15, 0.2) is 23.8 Å². The van der Waals surface area contributed by atoms with Crippen molar-refractivity contribution in [3.05, 3.63) is 23.8 Å². The average molecular weight is 423 g/mol. The highest BCUT2D eigenvalue weighted by Gasteiger charge is 2.77. The second-order valence-electron chi connectivity index (χ2n) is 9.31. The van der Waals surface area contributed by atoms with Gasteiger partial charge in [-0.3, -0.25) is 14.4 Å². The zero-order valence-electron chi connectivity index (χ0n) is 16.9. The molecule has 3 fully saturated rings. The number of aliphatic hydroxyl groups excluding tert-OH is 1. The molecule has 29 heavy (non-hydrogen) atoms. The Labute approximate surface area is 173 Å². The smallest absolute Gasteiger partial charge is 0.328 e. The summed E-state index contributed by atoms with van der Waals surface area (Å²) in [4.78, 5) is 37.4. The van der Waals surface area contributed by atoms with Gasteiger partial charge in [0.1, 0.15) is 0 Å². The summed E-state index contributed by atoms with van der Waals surface area (Å²) < 4.78 is 15.3. The molecule has 4 aliphatic rings. The monoisotopic (exact) mass is 422 g/mol. The van der Waals surface area contributed by atoms with Crippen LogP contribution in [0.1, 0.15) is 46.5 Å². The lowest BCUT2D eigenvalue weighted by atomic mass is 9.45. The Balaban J connectivity index is 1.86. The molecule has 4 rings (SSSR count). The molecule has 0 spiro atoms. The molecule has 7 heteroatoms. The quantitative estimate of drug-likeness (QED) is 0.679. The normalized spacial score (nSPS) is 48.6. The predicted molar refractivity (Wildman–Crippen MR) is 107 cm³/mol. The zero-order chi connectivity index (χ0) is 21.4. The molecule has 0 bridgehead atoms. The molecule has 7 atom stereocenters. The molecule has 158 valence electrons. The summed E-state index contributed by atoms with van der Waals surface area (Å²) in [7, 11) is 0. The highest BCUT2D eigenvalue weighted by Crippen LogP contribution is 2.70. The van der Waals surface area contributed by atoms with Crippen molar-refractivity contribution >= 4 is 29.3 Å². The summed E-state index contributed by atoms with van der Waals surface area (Å²) >= 11 is 1.10. The summed E-state index contributed by atoms with van der Waals surface area (Å²) in [6.07, 6.45) is 3.74. The standard InChI is InChI=1S/C22H27FO5S/c1-4-29-22(18(27)28)16(25)10-15-14-6-5-12-9-13(24)7-8-19(12,2)21(14,23)17(26)11-20(15,22)3/h7-9,14-15,17,26H,4-6,10-11H2,1-3H3,(H,27,28)/t14-,15-,17-,19-,20-,21-,22-/m0/s1. The van der Waals surface area contributed by atoms with E-state index in [4.69, 9.17) is 0 Å². The number of fused-ring (bicyclic) bond motifs is 5. The Morgan fingerprint density at radius 1 is 1.31 bits per heavy atom. The van der Waals surface area contributed by atoms with Crippen LogP contribution in [-0.2, 0) is 14.4 Å². The number of carboxylic acids is 1. The molecule has 0 saturated heterocycles. The number of allylic oxidation sites excluding steroid dienone is 4. The van der Waals surface area contributed by atoms with E-state index in [0.29, 0.717) is 24.2 Å². The zero-order valence-corrected chi connectivity index (χ0v) is 17.7. The number of hydrogen-bond acceptors (Lipinski definition) is 5. The molecule has 0 amide bonds. The van der Waals surface area contributed by atoms with E-state index in [2.05, 4.69) is 0 Å². The first-order valence-corrected chi connectivity index (χ1v) is 11.2. The Morgan fingerprint density at radius 2 is 2.00 bits per heavy atom. The van der Waals surface area contributed by atoms with Gasteiger partial charge in [-0.05, 0) is 50.0 Å². The van der Waals surface area contributed by atoms with Gasteiger partial charge < -0.3 is 10.2 Å². The second kappa shape index (κ2) is 6.27. The highest BCUT2D eigenvalue weighted by molar-refractivity contribution is 8.02. The third kappa shape index (κ3) is 2.23. The van der Waals surface area contributed by atoms with Gasteiger partial charge in [-0.1, -0.05) is 25.5 Å². The van der Waals surface area contributed by atoms with Gasteiger partial charge in [-0.25, -0.2) is 4.39 Å². The number of carbonyl (C=O) groups excluding carboxylic acids is 2. The number of alkyl halides is 1. The van der Waals surface area contributed by atoms with Crippen LogP contribution in [0.3, 0.4) is 0 Å². The first-order valence-electron chi connectivity index (χ1n) is 10.2. The molecule has 0 aromatic carbocycles. The Morgan fingerprint density at radius 3 is 2.62 bits per heavy atom. The van der Waals surface area contributed by atoms with Crippen LogP contribution >= 0.6 is 11.8 Å². The van der Waals surface area contributed by atoms with Crippen molar-refractivity contribution in [1.29, 1.82) is 0 Å². The van der Waals surface area contributed by atoms with E-state index in [9.17, 15) is 24.6 Å². The number of Topliss-reactive ketones (excluding diaryl/α,β-unsaturated/α-hetero) is 1. The van der Waals surface area contributed by atoms with E-state index in [1.807, 2.05) is 0 Å². The minimum Gasteiger partial charge on any atom is -0.480 e. The summed E-state index contributed by atoms with van der Waals surface area (Å²) in [5.74, 6) is -2.43. The topological polar surface area (TPSA) is 91.7 Å². The van der Waals surface area contributed by atoms with Gasteiger partial charge in [-0.15, -0.1) is 11.8 Å². The Kier molecular flexibility index (Phi) is 4.49. The number of halogens is 1. The molecule has 0 aromatic rings. The van der Waals surface area contributed by atoms with Gasteiger partial charge in [-0.2, -0.15) is 0 Å². The molecule has 2 N–H and O–H groups in total. The van der Waals surface area contributed by atoms with Crippen LogP contribution in [0.4, 0.5) is 4.39 Å². The summed E-state index contributed by atoms with van der Waals surface area (Å²) in [5, 5.41) is 21.3. The van der Waals surface area contributed by atoms with Crippen molar-refractivity contribution in [3.63, 3.8) is 0 Å². The van der Waals surface area contributed by atoms with Crippen LogP contribution in [-0.4, -0.2) is 50.0 Å². The number of hydrogen-bond donors (Lipinski definition) is 2. The first-order chi connectivity index (χ1) is 13.5. The fourth-order valence-electron chi connectivity index (χ4n) is 6.89. The molecule has 5 nitrogen and oxygen atoms in total. The molecular formula is C22H27FO5S. The van der Waals surface area contributed by atoms with Crippen molar-refractivity contribution in [2.45, 2.75) is 63.0 Å². The molecule has 0 aromatic heterocycles. The van der Waals surface area contributed by atoms with E-state index >= 15 is 4.39 Å². The number of ketones is 2. The van der Waals surface area contributed by atoms with Crippen LogP contribution in [0.2, 0.25) is 0 Å². The van der Waals surface area contributed by atoms with E-state index in [1.54, 1.807) is 26.8 Å². The third-order valence-electron chi connectivity index (χ3n) is 8.30. The number of aliphatic hydroxyl groups is 1. The second-order valence-corrected chi connectivity index (χ2v) is 10.8. The summed E-state index contributed by atoms with van der Waals surface area (Å²) in [6.45, 7) is 5.26. The number of aliphatic carboxylic acids is 1. The molecular weight excluding hydrogens is 395 g/mol. The van der Waals surface area contributed by atoms with Crippen molar-refractivity contribution in [2.24, 2.45) is 22.7 Å². The van der Waals surface area contributed by atoms with E-state index in [-0.39, 0.29) is 24.4 Å². The Bertz CT molecular complexity index is 867. The fraction of sp³-hybridized carbons (Fsp3) is 0.682. The van der Waals surface area contributed by atoms with Crippen LogP contribution in [0, 0.1) is 22.7 Å². The highest BCUT2D eigenvalue weighted by atomic mass is 32.2. The lowest BCUT2D eigenvalue weighted by Gasteiger charge is -2.62. The molecule has 0 aliphatic heterocycles. The summed E-state index contributed by atoms with van der Waals surface area (Å²) in [6, 6.07) is 0. The van der Waals surface area contributed by atoms with Crippen LogP contribution < -0.4 is 0 Å². The van der Waals surface area contributed by atoms with Crippen molar-refractivity contribution in [2.75, 3.05) is 5.75 Å². The summed E-state index contributed by atoms with van der Waals surface area (Å²) in [5.41, 5.74) is -3.56. The van der Waals surface area contributed by atoms with Gasteiger partial charge in [0.2, 0.25) is 0 Å². The van der Waals surface area contributed by atoms with Gasteiger partial charge in [0.15, 0.2) is 22.0 Å². The van der Waals surface area contributed by atoms with Crippen molar-refractivity contribution < 1.29 is 29.0 Å². The molecule has 0 heterocycles. The van der Waals surface area contributed by atoms with Gasteiger partial charge in [0.25, 0.3) is 0 Å². The molecule has 0 unspecified atom stereocenters. The van der Waals surface area contributed by atoms with Crippen molar-refractivity contribution in [1.82, 2.24) is 0 Å².